The number of hydrogen-bond acceptors (Lipinski definition) is 2. The maximum absolute atomic E-state index is 10.4. The molecule has 1 rings (SSSR count). The average molecular weight is 171 g/mol. The van der Waals surface area contributed by atoms with Crippen molar-refractivity contribution in [3.8, 4) is 0 Å². The van der Waals surface area contributed by atoms with E-state index in [1.165, 1.54) is 12.8 Å². The van der Waals surface area contributed by atoms with Crippen LogP contribution in [0, 0.1) is 0 Å². The van der Waals surface area contributed by atoms with Crippen LogP contribution in [0.2, 0.25) is 0 Å². The zero-order valence-electron chi connectivity index (χ0n) is 7.79. The molecule has 12 heavy (non-hydrogen) atoms. The molecule has 1 fully saturated rings. The molecule has 3 nitrogen and oxygen atoms in total. The monoisotopic (exact) mass is 171 g/mol. The fourth-order valence-corrected chi connectivity index (χ4v) is 1.71. The Labute approximate surface area is 73.4 Å². The van der Waals surface area contributed by atoms with Crippen molar-refractivity contribution in [1.82, 2.24) is 4.90 Å². The van der Waals surface area contributed by atoms with Crippen molar-refractivity contribution in [3.05, 3.63) is 0 Å². The maximum Gasteiger partial charge on any atom is 0.304 e. The lowest BCUT2D eigenvalue weighted by Gasteiger charge is -2.26. The summed E-state index contributed by atoms with van der Waals surface area (Å²) in [6, 6.07) is 0.865. The molecule has 3 heteroatoms. The molecule has 0 bridgehead atoms. The van der Waals surface area contributed by atoms with Crippen LogP contribution in [0.15, 0.2) is 0 Å². The highest BCUT2D eigenvalue weighted by atomic mass is 16.4. The first kappa shape index (κ1) is 9.52. The molecule has 0 amide bonds. The molecular weight excluding hydrogens is 154 g/mol. The summed E-state index contributed by atoms with van der Waals surface area (Å²) in [6.45, 7) is 5.06. The highest BCUT2D eigenvalue weighted by molar-refractivity contribution is 5.67. The Bertz CT molecular complexity index is 166. The van der Waals surface area contributed by atoms with Crippen LogP contribution in [0.3, 0.4) is 0 Å². The van der Waals surface area contributed by atoms with Crippen LogP contribution in [-0.4, -0.2) is 34.6 Å². The Balaban J connectivity index is 2.35. The molecule has 0 spiro atoms. The summed E-state index contributed by atoms with van der Waals surface area (Å²) < 4.78 is 0. The van der Waals surface area contributed by atoms with Gasteiger partial charge in [-0.3, -0.25) is 9.69 Å². The molecule has 0 aromatic heterocycles. The zero-order valence-corrected chi connectivity index (χ0v) is 7.79. The van der Waals surface area contributed by atoms with Gasteiger partial charge in [-0.2, -0.15) is 0 Å². The van der Waals surface area contributed by atoms with Crippen molar-refractivity contribution in [2.45, 2.75) is 45.2 Å². The van der Waals surface area contributed by atoms with Crippen LogP contribution in [0.4, 0.5) is 0 Å². The SMILES string of the molecule is CCN(C(C)CC(=O)O)C1CC1. The number of carboxylic acids is 1. The second-order valence-electron chi connectivity index (χ2n) is 3.51. The minimum absolute atomic E-state index is 0.194. The third kappa shape index (κ3) is 2.48. The van der Waals surface area contributed by atoms with Gasteiger partial charge < -0.3 is 5.11 Å². The van der Waals surface area contributed by atoms with Gasteiger partial charge in [0, 0.05) is 12.1 Å². The molecule has 70 valence electrons. The molecule has 0 saturated heterocycles. The summed E-state index contributed by atoms with van der Waals surface area (Å²) in [4.78, 5) is 12.7. The van der Waals surface area contributed by atoms with Crippen LogP contribution in [-0.2, 0) is 4.79 Å². The normalized spacial score (nSPS) is 19.6. The van der Waals surface area contributed by atoms with Gasteiger partial charge in [-0.25, -0.2) is 0 Å². The van der Waals surface area contributed by atoms with Crippen LogP contribution >= 0.6 is 0 Å². The Morgan fingerprint density at radius 2 is 2.25 bits per heavy atom. The van der Waals surface area contributed by atoms with Crippen molar-refractivity contribution in [3.63, 3.8) is 0 Å². The first-order valence-corrected chi connectivity index (χ1v) is 4.62. The van der Waals surface area contributed by atoms with E-state index in [1.807, 2.05) is 6.92 Å². The van der Waals surface area contributed by atoms with E-state index in [2.05, 4.69) is 11.8 Å². The quantitative estimate of drug-likeness (QED) is 0.678. The van der Waals surface area contributed by atoms with Gasteiger partial charge in [-0.05, 0) is 26.3 Å². The van der Waals surface area contributed by atoms with Gasteiger partial charge in [0.15, 0.2) is 0 Å². The Kier molecular flexibility index (Phi) is 3.09. The standard InChI is InChI=1S/C9H17NO2/c1-3-10(8-4-5-8)7(2)6-9(11)12/h7-8H,3-6H2,1-2H3,(H,11,12). The second kappa shape index (κ2) is 3.90. The number of carbonyl (C=O) groups is 1. The van der Waals surface area contributed by atoms with Gasteiger partial charge in [0.05, 0.1) is 6.42 Å². The number of aliphatic carboxylic acids is 1. The number of carboxylic acid groups (broad SMARTS) is 1. The Morgan fingerprint density at radius 3 is 2.58 bits per heavy atom. The van der Waals surface area contributed by atoms with Crippen LogP contribution in [0.5, 0.6) is 0 Å². The first-order valence-electron chi connectivity index (χ1n) is 4.62. The summed E-state index contributed by atoms with van der Waals surface area (Å²) in [5, 5.41) is 8.60. The molecule has 0 heterocycles. The number of hydrogen-bond donors (Lipinski definition) is 1. The van der Waals surface area contributed by atoms with Crippen molar-refractivity contribution in [1.29, 1.82) is 0 Å². The predicted octanol–water partition coefficient (Wildman–Crippen LogP) is 1.33. The minimum atomic E-state index is -0.693. The summed E-state index contributed by atoms with van der Waals surface area (Å²) in [5.41, 5.74) is 0. The molecule has 1 aliphatic carbocycles. The van der Waals surface area contributed by atoms with Crippen LogP contribution in [0.1, 0.15) is 33.1 Å². The summed E-state index contributed by atoms with van der Waals surface area (Å²) in [7, 11) is 0. The third-order valence-corrected chi connectivity index (χ3v) is 2.42. The number of nitrogens with zero attached hydrogens (tertiary/aromatic N) is 1. The number of rotatable bonds is 5. The fraction of sp³-hybridized carbons (Fsp3) is 0.889. The van der Waals surface area contributed by atoms with Gasteiger partial charge in [0.1, 0.15) is 0 Å². The van der Waals surface area contributed by atoms with Gasteiger partial charge in [0.2, 0.25) is 0 Å². The summed E-state index contributed by atoms with van der Waals surface area (Å²) in [6.07, 6.45) is 2.76. The zero-order chi connectivity index (χ0) is 9.14. The van der Waals surface area contributed by atoms with E-state index in [0.29, 0.717) is 6.04 Å². The van der Waals surface area contributed by atoms with Gasteiger partial charge in [-0.1, -0.05) is 6.92 Å². The lowest BCUT2D eigenvalue weighted by Crippen LogP contribution is -2.36. The Hall–Kier alpha value is -0.570. The maximum atomic E-state index is 10.4. The molecule has 1 N–H and O–H groups in total. The van der Waals surface area contributed by atoms with E-state index >= 15 is 0 Å². The van der Waals surface area contributed by atoms with E-state index in [4.69, 9.17) is 5.11 Å². The molecule has 1 saturated carbocycles. The first-order chi connectivity index (χ1) is 5.65. The second-order valence-corrected chi connectivity index (χ2v) is 3.51. The lowest BCUT2D eigenvalue weighted by atomic mass is 10.2. The molecule has 0 aromatic carbocycles. The molecule has 0 radical (unpaired) electrons. The van der Waals surface area contributed by atoms with Crippen LogP contribution < -0.4 is 0 Å². The molecule has 1 unspecified atom stereocenters. The van der Waals surface area contributed by atoms with Crippen LogP contribution in [0.25, 0.3) is 0 Å². The average Bonchev–Trinajstić information content (AvgIpc) is 2.70. The molecular formula is C9H17NO2. The molecule has 0 aromatic rings. The van der Waals surface area contributed by atoms with Crippen molar-refractivity contribution in [2.24, 2.45) is 0 Å². The summed E-state index contributed by atoms with van der Waals surface area (Å²) in [5.74, 6) is -0.693. The molecule has 1 atom stereocenters. The third-order valence-electron chi connectivity index (χ3n) is 2.42. The largest absolute Gasteiger partial charge is 0.481 e. The van der Waals surface area contributed by atoms with E-state index in [-0.39, 0.29) is 12.5 Å². The highest BCUT2D eigenvalue weighted by Crippen LogP contribution is 2.28. The minimum Gasteiger partial charge on any atom is -0.481 e. The highest BCUT2D eigenvalue weighted by Gasteiger charge is 2.31. The predicted molar refractivity (Wildman–Crippen MR) is 47.1 cm³/mol. The lowest BCUT2D eigenvalue weighted by molar-refractivity contribution is -0.138. The summed E-state index contributed by atoms with van der Waals surface area (Å²) >= 11 is 0. The van der Waals surface area contributed by atoms with E-state index in [1.54, 1.807) is 0 Å². The van der Waals surface area contributed by atoms with E-state index in [0.717, 1.165) is 6.54 Å². The molecule has 1 aliphatic rings. The fourth-order valence-electron chi connectivity index (χ4n) is 1.71. The van der Waals surface area contributed by atoms with Crippen molar-refractivity contribution >= 4 is 5.97 Å². The van der Waals surface area contributed by atoms with Gasteiger partial charge in [0.25, 0.3) is 0 Å². The van der Waals surface area contributed by atoms with E-state index < -0.39 is 5.97 Å². The Morgan fingerprint density at radius 1 is 1.67 bits per heavy atom. The molecule has 0 aliphatic heterocycles. The topological polar surface area (TPSA) is 40.5 Å². The van der Waals surface area contributed by atoms with Crippen molar-refractivity contribution in [2.75, 3.05) is 6.54 Å². The van der Waals surface area contributed by atoms with E-state index in [9.17, 15) is 4.79 Å². The van der Waals surface area contributed by atoms with Gasteiger partial charge in [-0.15, -0.1) is 0 Å². The van der Waals surface area contributed by atoms with Crippen molar-refractivity contribution < 1.29 is 9.90 Å². The smallest absolute Gasteiger partial charge is 0.304 e. The van der Waals surface area contributed by atoms with Gasteiger partial charge >= 0.3 is 5.97 Å².